The molecule has 3 aromatic rings. The summed E-state index contributed by atoms with van der Waals surface area (Å²) in [6, 6.07) is 12.6. The van der Waals surface area contributed by atoms with E-state index in [0.29, 0.717) is 10.6 Å². The van der Waals surface area contributed by atoms with Crippen molar-refractivity contribution in [2.45, 2.75) is 18.5 Å². The molecule has 4 amide bonds. The molecule has 2 atom stereocenters. The third-order valence-electron chi connectivity index (χ3n) is 5.03. The second-order valence-electron chi connectivity index (χ2n) is 7.15. The van der Waals surface area contributed by atoms with Crippen LogP contribution in [-0.2, 0) is 16.0 Å². The number of urea groups is 1. The monoisotopic (exact) mass is 484 g/mol. The van der Waals surface area contributed by atoms with Gasteiger partial charge >= 0.3 is 12.0 Å². The molecular weight excluding hydrogens is 468 g/mol. The minimum absolute atomic E-state index is 0.0465. The molecule has 9 nitrogen and oxygen atoms in total. The Kier molecular flexibility index (Phi) is 6.38. The van der Waals surface area contributed by atoms with Crippen LogP contribution in [0.5, 0.6) is 0 Å². The van der Waals surface area contributed by atoms with E-state index in [1.165, 1.54) is 5.38 Å². The normalized spacial score (nSPS) is 16.4. The molecule has 2 unspecified atom stereocenters. The predicted molar refractivity (Wildman–Crippen MR) is 121 cm³/mol. The molecule has 2 heterocycles. The number of aromatic carboxylic acids is 1. The fourth-order valence-electron chi connectivity index (χ4n) is 3.47. The summed E-state index contributed by atoms with van der Waals surface area (Å²) in [5.74, 6) is -2.52. The highest BCUT2D eigenvalue weighted by atomic mass is 35.5. The molecule has 3 N–H and O–H groups in total. The maximum absolute atomic E-state index is 13.3. The van der Waals surface area contributed by atoms with E-state index in [4.69, 9.17) is 16.7 Å². The first-order valence-corrected chi connectivity index (χ1v) is 11.0. The summed E-state index contributed by atoms with van der Waals surface area (Å²) in [5, 5.41) is 15.8. The van der Waals surface area contributed by atoms with E-state index in [1.54, 1.807) is 48.5 Å². The van der Waals surface area contributed by atoms with E-state index in [-0.39, 0.29) is 17.2 Å². The van der Waals surface area contributed by atoms with Gasteiger partial charge in [0.05, 0.1) is 0 Å². The molecule has 0 aliphatic carbocycles. The summed E-state index contributed by atoms with van der Waals surface area (Å²) < 4.78 is 0. The van der Waals surface area contributed by atoms with Crippen molar-refractivity contribution in [1.29, 1.82) is 0 Å². The van der Waals surface area contributed by atoms with Crippen molar-refractivity contribution in [1.82, 2.24) is 15.2 Å². The lowest BCUT2D eigenvalue weighted by atomic mass is 10.0. The van der Waals surface area contributed by atoms with E-state index in [1.807, 2.05) is 6.07 Å². The van der Waals surface area contributed by atoms with E-state index in [0.717, 1.165) is 21.8 Å². The Labute approximate surface area is 197 Å². The third-order valence-corrected chi connectivity index (χ3v) is 6.13. The van der Waals surface area contributed by atoms with Gasteiger partial charge < -0.3 is 15.7 Å². The molecule has 0 radical (unpaired) electrons. The summed E-state index contributed by atoms with van der Waals surface area (Å²) in [6.45, 7) is 0. The first-order valence-electron chi connectivity index (χ1n) is 9.76. The van der Waals surface area contributed by atoms with Gasteiger partial charge in [-0.25, -0.2) is 19.5 Å². The number of carbonyl (C=O) groups is 4. The fourth-order valence-corrected chi connectivity index (χ4v) is 4.40. The third kappa shape index (κ3) is 4.71. The average molecular weight is 485 g/mol. The Morgan fingerprint density at radius 3 is 2.52 bits per heavy atom. The lowest BCUT2D eigenvalue weighted by Crippen LogP contribution is -2.49. The zero-order valence-corrected chi connectivity index (χ0v) is 18.5. The minimum atomic E-state index is -1.23. The predicted octanol–water partition coefficient (Wildman–Crippen LogP) is 3.34. The van der Waals surface area contributed by atoms with Crippen LogP contribution in [0.15, 0.2) is 60.0 Å². The molecule has 4 rings (SSSR count). The Bertz CT molecular complexity index is 1230. The second-order valence-corrected chi connectivity index (χ2v) is 8.42. The number of benzene rings is 2. The molecule has 168 valence electrons. The van der Waals surface area contributed by atoms with Crippen LogP contribution in [0.25, 0.3) is 0 Å². The summed E-state index contributed by atoms with van der Waals surface area (Å²) in [7, 11) is 0. The van der Waals surface area contributed by atoms with Gasteiger partial charge in [-0.1, -0.05) is 60.1 Å². The molecule has 0 spiro atoms. The van der Waals surface area contributed by atoms with E-state index in [9.17, 15) is 19.2 Å². The van der Waals surface area contributed by atoms with Crippen molar-refractivity contribution in [3.63, 3.8) is 0 Å². The number of anilines is 1. The Morgan fingerprint density at radius 1 is 1.15 bits per heavy atom. The average Bonchev–Trinajstić information content (AvgIpc) is 3.37. The molecule has 0 bridgehead atoms. The number of carboxylic acid groups (broad SMARTS) is 1. The largest absolute Gasteiger partial charge is 0.476 e. The van der Waals surface area contributed by atoms with Gasteiger partial charge in [0.25, 0.3) is 5.91 Å². The number of thiazole rings is 1. The second kappa shape index (κ2) is 9.39. The van der Waals surface area contributed by atoms with Crippen LogP contribution in [-0.4, -0.2) is 44.8 Å². The van der Waals surface area contributed by atoms with E-state index >= 15 is 0 Å². The van der Waals surface area contributed by atoms with Gasteiger partial charge in [0.2, 0.25) is 5.91 Å². The summed E-state index contributed by atoms with van der Waals surface area (Å²) in [5.41, 5.74) is 0.929. The van der Waals surface area contributed by atoms with Gasteiger partial charge in [0.1, 0.15) is 12.1 Å². The molecule has 1 aromatic heterocycles. The van der Waals surface area contributed by atoms with Crippen LogP contribution in [0.1, 0.15) is 27.7 Å². The van der Waals surface area contributed by atoms with Gasteiger partial charge in [0, 0.05) is 22.4 Å². The molecule has 1 aliphatic heterocycles. The molecule has 0 saturated carbocycles. The molecule has 33 heavy (non-hydrogen) atoms. The van der Waals surface area contributed by atoms with E-state index < -0.39 is 35.9 Å². The molecule has 2 aromatic carbocycles. The molecular formula is C22H17ClN4O5S. The number of carboxylic acids is 1. The number of nitrogens with one attached hydrogen (secondary N) is 2. The highest BCUT2D eigenvalue weighted by Crippen LogP contribution is 2.30. The minimum Gasteiger partial charge on any atom is -0.476 e. The Balaban J connectivity index is 1.64. The standard InChI is InChI=1S/C22H17ClN4O5S/c23-14-9-5-4-8-13(14)17-19(29)27(22(32)25-17)16(10-12-6-2-1-3-7-12)18(28)26-21-24-15(11-33-21)20(30)31/h1-9,11,16-17H,10H2,(H,25,32)(H,30,31)(H,24,26,28). The summed E-state index contributed by atoms with van der Waals surface area (Å²) >= 11 is 7.14. The zero-order valence-electron chi connectivity index (χ0n) is 16.9. The van der Waals surface area contributed by atoms with E-state index in [2.05, 4.69) is 15.6 Å². The quantitative estimate of drug-likeness (QED) is 0.441. The highest BCUT2D eigenvalue weighted by molar-refractivity contribution is 7.14. The highest BCUT2D eigenvalue weighted by Gasteiger charge is 2.46. The lowest BCUT2D eigenvalue weighted by Gasteiger charge is -2.24. The van der Waals surface area contributed by atoms with Crippen molar-refractivity contribution in [3.8, 4) is 0 Å². The van der Waals surface area contributed by atoms with Crippen molar-refractivity contribution < 1.29 is 24.3 Å². The van der Waals surface area contributed by atoms with Crippen LogP contribution in [0.4, 0.5) is 9.93 Å². The van der Waals surface area contributed by atoms with Gasteiger partial charge in [-0.05, 0) is 11.6 Å². The van der Waals surface area contributed by atoms with Crippen LogP contribution in [0.3, 0.4) is 0 Å². The van der Waals surface area contributed by atoms with Gasteiger partial charge in [-0.15, -0.1) is 11.3 Å². The first-order chi connectivity index (χ1) is 15.8. The molecule has 1 aliphatic rings. The Hall–Kier alpha value is -3.76. The van der Waals surface area contributed by atoms with Gasteiger partial charge in [0.15, 0.2) is 10.8 Å². The van der Waals surface area contributed by atoms with Crippen molar-refractivity contribution in [2.75, 3.05) is 5.32 Å². The van der Waals surface area contributed by atoms with Crippen LogP contribution < -0.4 is 10.6 Å². The number of imide groups is 1. The maximum atomic E-state index is 13.3. The topological polar surface area (TPSA) is 129 Å². The summed E-state index contributed by atoms with van der Waals surface area (Å²) in [6.07, 6.45) is 0.0538. The van der Waals surface area contributed by atoms with Crippen molar-refractivity contribution in [3.05, 3.63) is 81.8 Å². The number of halogens is 1. The Morgan fingerprint density at radius 2 is 1.85 bits per heavy atom. The number of hydrogen-bond donors (Lipinski definition) is 3. The number of carbonyl (C=O) groups excluding carboxylic acids is 3. The maximum Gasteiger partial charge on any atom is 0.355 e. The number of amides is 4. The van der Waals surface area contributed by atoms with Crippen LogP contribution >= 0.6 is 22.9 Å². The molecule has 1 saturated heterocycles. The SMILES string of the molecule is O=C(O)c1csc(NC(=O)C(Cc2ccccc2)N2C(=O)NC(c3ccccc3Cl)C2=O)n1. The van der Waals surface area contributed by atoms with Crippen LogP contribution in [0.2, 0.25) is 5.02 Å². The number of hydrogen-bond acceptors (Lipinski definition) is 6. The van der Waals surface area contributed by atoms with Crippen molar-refractivity contribution in [2.24, 2.45) is 0 Å². The molecule has 1 fully saturated rings. The fraction of sp³-hybridized carbons (Fsp3) is 0.136. The van der Waals surface area contributed by atoms with Crippen LogP contribution in [0, 0.1) is 0 Å². The summed E-state index contributed by atoms with van der Waals surface area (Å²) in [4.78, 5) is 55.1. The lowest BCUT2D eigenvalue weighted by molar-refractivity contribution is -0.134. The number of nitrogens with zero attached hydrogens (tertiary/aromatic N) is 2. The number of rotatable bonds is 7. The van der Waals surface area contributed by atoms with Gasteiger partial charge in [-0.2, -0.15) is 0 Å². The molecule has 11 heteroatoms. The number of aromatic nitrogens is 1. The smallest absolute Gasteiger partial charge is 0.355 e. The zero-order chi connectivity index (χ0) is 23.5. The first kappa shape index (κ1) is 22.4. The van der Waals surface area contributed by atoms with Gasteiger partial charge in [-0.3, -0.25) is 9.59 Å². The van der Waals surface area contributed by atoms with Crippen molar-refractivity contribution >= 4 is 51.9 Å².